The third-order valence-electron chi connectivity index (χ3n) is 6.65. The lowest BCUT2D eigenvalue weighted by Crippen LogP contribution is -2.70. The van der Waals surface area contributed by atoms with Crippen LogP contribution >= 0.6 is 0 Å². The van der Waals surface area contributed by atoms with Gasteiger partial charge < -0.3 is 4.74 Å². The van der Waals surface area contributed by atoms with Gasteiger partial charge in [0, 0.05) is 11.8 Å². The van der Waals surface area contributed by atoms with Crippen molar-refractivity contribution in [1.82, 2.24) is 0 Å². The van der Waals surface area contributed by atoms with Gasteiger partial charge in [-0.1, -0.05) is 0 Å². The molecule has 16 heavy (non-hydrogen) atoms. The van der Waals surface area contributed by atoms with Crippen molar-refractivity contribution in [2.75, 3.05) is 7.11 Å². The van der Waals surface area contributed by atoms with Gasteiger partial charge >= 0.3 is 5.97 Å². The molecule has 0 aromatic rings. The first-order chi connectivity index (χ1) is 7.57. The van der Waals surface area contributed by atoms with Gasteiger partial charge in [-0.2, -0.15) is 0 Å². The zero-order valence-corrected chi connectivity index (χ0v) is 8.82. The predicted molar refractivity (Wildman–Crippen MR) is 48.4 cm³/mol. The lowest BCUT2D eigenvalue weighted by Gasteiger charge is -2.67. The third kappa shape index (κ3) is 0.422. The maximum absolute atomic E-state index is 14.2. The van der Waals surface area contributed by atoms with E-state index in [1.165, 1.54) is 7.11 Å². The van der Waals surface area contributed by atoms with Crippen molar-refractivity contribution in [3.63, 3.8) is 0 Å². The lowest BCUT2D eigenvalue weighted by molar-refractivity contribution is -0.248. The molecule has 2 nitrogen and oxygen atoms in total. The van der Waals surface area contributed by atoms with E-state index in [9.17, 15) is 13.6 Å². The van der Waals surface area contributed by atoms with Gasteiger partial charge in [0.2, 0.25) is 0 Å². The fourth-order valence-electron chi connectivity index (χ4n) is 6.80. The molecule has 0 radical (unpaired) electrons. The molecule has 8 atom stereocenters. The Morgan fingerprint density at radius 2 is 2.06 bits per heavy atom. The quantitative estimate of drug-likeness (QED) is 0.634. The largest absolute Gasteiger partial charge is 0.469 e. The summed E-state index contributed by atoms with van der Waals surface area (Å²) < 4.78 is 33.2. The second kappa shape index (κ2) is 1.83. The van der Waals surface area contributed by atoms with E-state index in [-0.39, 0.29) is 29.6 Å². The SMILES string of the molecule is COC(=O)C12C3CC4C5C3C1C5C(F)(F)C42. The highest BCUT2D eigenvalue weighted by molar-refractivity contribution is 5.83. The fourth-order valence-corrected chi connectivity index (χ4v) is 6.80. The van der Waals surface area contributed by atoms with Gasteiger partial charge in [-0.3, -0.25) is 4.79 Å². The Morgan fingerprint density at radius 3 is 2.75 bits per heavy atom. The second-order valence-corrected chi connectivity index (χ2v) is 6.29. The molecule has 0 aromatic heterocycles. The van der Waals surface area contributed by atoms with Crippen molar-refractivity contribution < 1.29 is 18.3 Å². The molecule has 6 fully saturated rings. The number of ether oxygens (including phenoxy) is 1. The molecule has 6 aliphatic carbocycles. The highest BCUT2D eigenvalue weighted by atomic mass is 19.3. The van der Waals surface area contributed by atoms with E-state index in [0.29, 0.717) is 5.92 Å². The predicted octanol–water partition coefficient (Wildman–Crippen LogP) is 1.55. The molecule has 6 saturated carbocycles. The number of halogens is 2. The molecule has 0 aromatic carbocycles. The number of methoxy groups -OCH3 is 1. The van der Waals surface area contributed by atoms with Crippen LogP contribution in [0.3, 0.4) is 0 Å². The average Bonchev–Trinajstić information content (AvgIpc) is 2.66. The summed E-state index contributed by atoms with van der Waals surface area (Å²) in [5.41, 5.74) is -0.757. The topological polar surface area (TPSA) is 26.3 Å². The summed E-state index contributed by atoms with van der Waals surface area (Å²) in [6, 6.07) is 0. The Morgan fingerprint density at radius 1 is 1.31 bits per heavy atom. The van der Waals surface area contributed by atoms with E-state index in [1.807, 2.05) is 0 Å². The summed E-state index contributed by atoms with van der Waals surface area (Å²) in [5, 5.41) is 0. The Hall–Kier alpha value is -0.670. The number of hydrogen-bond acceptors (Lipinski definition) is 2. The number of esters is 1. The van der Waals surface area contributed by atoms with Crippen LogP contribution < -0.4 is 0 Å². The summed E-state index contributed by atoms with van der Waals surface area (Å²) in [5.74, 6) is -3.07. The highest BCUT2D eigenvalue weighted by Gasteiger charge is 3.00. The summed E-state index contributed by atoms with van der Waals surface area (Å²) >= 11 is 0. The van der Waals surface area contributed by atoms with Crippen molar-refractivity contribution in [2.45, 2.75) is 12.3 Å². The van der Waals surface area contributed by atoms with E-state index < -0.39 is 23.2 Å². The molecule has 8 unspecified atom stereocenters. The van der Waals surface area contributed by atoms with E-state index in [1.54, 1.807) is 0 Å². The van der Waals surface area contributed by atoms with Crippen molar-refractivity contribution in [3.05, 3.63) is 0 Å². The Bertz CT molecular complexity index is 448. The normalized spacial score (nSPS) is 69.1. The molecular formula is C12H12F2O2. The summed E-state index contributed by atoms with van der Waals surface area (Å²) in [7, 11) is 1.34. The molecule has 0 aliphatic heterocycles. The van der Waals surface area contributed by atoms with E-state index >= 15 is 0 Å². The van der Waals surface area contributed by atoms with Crippen LogP contribution in [0.4, 0.5) is 8.78 Å². The average molecular weight is 226 g/mol. The maximum atomic E-state index is 14.2. The molecule has 0 N–H and O–H groups in total. The van der Waals surface area contributed by atoms with Crippen molar-refractivity contribution in [3.8, 4) is 0 Å². The Labute approximate surface area is 91.3 Å². The number of hydrogen-bond donors (Lipinski definition) is 0. The lowest BCUT2D eigenvalue weighted by atomic mass is 9.34. The van der Waals surface area contributed by atoms with Gasteiger partial charge in [0.1, 0.15) is 0 Å². The monoisotopic (exact) mass is 226 g/mol. The van der Waals surface area contributed by atoms with Crippen LogP contribution in [0.25, 0.3) is 0 Å². The molecule has 4 bridgehead atoms. The fraction of sp³-hybridized carbons (Fsp3) is 0.917. The van der Waals surface area contributed by atoms with Crippen LogP contribution in [0, 0.1) is 46.8 Å². The molecule has 86 valence electrons. The smallest absolute Gasteiger partial charge is 0.312 e. The molecule has 0 spiro atoms. The molecule has 4 heteroatoms. The minimum atomic E-state index is -2.59. The van der Waals surface area contributed by atoms with E-state index in [2.05, 4.69) is 0 Å². The van der Waals surface area contributed by atoms with E-state index in [0.717, 1.165) is 6.42 Å². The van der Waals surface area contributed by atoms with E-state index in [4.69, 9.17) is 4.74 Å². The molecular weight excluding hydrogens is 214 g/mol. The molecule has 0 saturated heterocycles. The van der Waals surface area contributed by atoms with Gasteiger partial charge in [-0.15, -0.1) is 0 Å². The standard InChI is InChI=1S/C12H12F2O2/c1-16-10(15)11-4-2-3-5-6(4)7(11)8(5)12(13,14)9(3)11/h3-9H,2H2,1H3. The number of rotatable bonds is 1. The Kier molecular flexibility index (Phi) is 0.962. The van der Waals surface area contributed by atoms with Crippen LogP contribution in [0.15, 0.2) is 0 Å². The minimum absolute atomic E-state index is 0.0336. The minimum Gasteiger partial charge on any atom is -0.469 e. The third-order valence-corrected chi connectivity index (χ3v) is 6.65. The van der Waals surface area contributed by atoms with Crippen molar-refractivity contribution in [1.29, 1.82) is 0 Å². The van der Waals surface area contributed by atoms with Gasteiger partial charge in [-0.05, 0) is 36.0 Å². The first-order valence-electron chi connectivity index (χ1n) is 6.04. The molecule has 0 heterocycles. The number of alkyl halides is 2. The molecule has 0 amide bonds. The van der Waals surface area contributed by atoms with Crippen LogP contribution in [0.1, 0.15) is 6.42 Å². The second-order valence-electron chi connectivity index (χ2n) is 6.29. The summed E-state index contributed by atoms with van der Waals surface area (Å²) in [6.45, 7) is 0. The number of carbonyl (C=O) groups is 1. The first kappa shape index (κ1) is 8.43. The highest BCUT2D eigenvalue weighted by Crippen LogP contribution is 2.96. The molecule has 6 rings (SSSR count). The van der Waals surface area contributed by atoms with Crippen LogP contribution in [-0.4, -0.2) is 19.0 Å². The first-order valence-corrected chi connectivity index (χ1v) is 6.04. The zero-order chi connectivity index (χ0) is 11.0. The Balaban J connectivity index is 1.77. The van der Waals surface area contributed by atoms with Gasteiger partial charge in [0.15, 0.2) is 0 Å². The van der Waals surface area contributed by atoms with Crippen LogP contribution in [0.5, 0.6) is 0 Å². The van der Waals surface area contributed by atoms with Crippen LogP contribution in [0.2, 0.25) is 0 Å². The van der Waals surface area contributed by atoms with Gasteiger partial charge in [0.05, 0.1) is 12.5 Å². The van der Waals surface area contributed by atoms with Crippen LogP contribution in [-0.2, 0) is 9.53 Å². The van der Waals surface area contributed by atoms with Crippen molar-refractivity contribution in [2.24, 2.45) is 46.8 Å². The van der Waals surface area contributed by atoms with Gasteiger partial charge in [-0.25, -0.2) is 8.78 Å². The molecule has 6 aliphatic rings. The number of carbonyl (C=O) groups excluding carboxylic acids is 1. The van der Waals surface area contributed by atoms with Gasteiger partial charge in [0.25, 0.3) is 5.92 Å². The summed E-state index contributed by atoms with van der Waals surface area (Å²) in [4.78, 5) is 12.0. The maximum Gasteiger partial charge on any atom is 0.312 e. The van der Waals surface area contributed by atoms with Crippen molar-refractivity contribution >= 4 is 5.97 Å². The summed E-state index contributed by atoms with van der Waals surface area (Å²) in [6.07, 6.45) is 0.859. The zero-order valence-electron chi connectivity index (χ0n) is 8.82.